The van der Waals surface area contributed by atoms with Crippen LogP contribution >= 0.6 is 0 Å². The number of rotatable bonds is 5. The smallest absolute Gasteiger partial charge is 0.164 e. The van der Waals surface area contributed by atoms with E-state index in [0.29, 0.717) is 17.5 Å². The minimum atomic E-state index is -0.473. The third-order valence-corrected chi connectivity index (χ3v) is 13.4. The minimum absolute atomic E-state index is 0.157. The van der Waals surface area contributed by atoms with Crippen molar-refractivity contribution in [2.24, 2.45) is 0 Å². The van der Waals surface area contributed by atoms with Crippen molar-refractivity contribution in [1.82, 2.24) is 15.0 Å². The third-order valence-electron chi connectivity index (χ3n) is 13.4. The summed E-state index contributed by atoms with van der Waals surface area (Å²) in [6, 6.07) is 77.0. The summed E-state index contributed by atoms with van der Waals surface area (Å²) >= 11 is 0. The summed E-state index contributed by atoms with van der Waals surface area (Å²) in [5, 5.41) is 2.44. The van der Waals surface area contributed by atoms with E-state index >= 15 is 0 Å². The van der Waals surface area contributed by atoms with Gasteiger partial charge in [0.2, 0.25) is 0 Å². The van der Waals surface area contributed by atoms with E-state index in [1.54, 1.807) is 0 Å². The van der Waals surface area contributed by atoms with Crippen LogP contribution in [0.3, 0.4) is 0 Å². The molecule has 0 radical (unpaired) electrons. The normalized spacial score (nSPS) is 13.9. The van der Waals surface area contributed by atoms with E-state index < -0.39 is 5.41 Å². The fourth-order valence-corrected chi connectivity index (χ4v) is 10.6. The minimum Gasteiger partial charge on any atom is -0.208 e. The Hall–Kier alpha value is -7.75. The Morgan fingerprint density at radius 2 is 0.742 bits per heavy atom. The largest absolute Gasteiger partial charge is 0.208 e. The van der Waals surface area contributed by atoms with Gasteiger partial charge >= 0.3 is 0 Å². The molecule has 3 heteroatoms. The summed E-state index contributed by atoms with van der Waals surface area (Å²) in [5.41, 5.74) is 17.7. The Bertz CT molecular complexity index is 3260. The van der Waals surface area contributed by atoms with E-state index in [1.165, 1.54) is 72.0 Å². The molecule has 0 unspecified atom stereocenters. The fraction of sp³-hybridized carbons (Fsp3) is 0.0678. The molecule has 2 aliphatic carbocycles. The molecule has 292 valence electrons. The monoisotopic (exact) mass is 791 g/mol. The highest BCUT2D eigenvalue weighted by molar-refractivity contribution is 6.05. The Morgan fingerprint density at radius 1 is 0.306 bits per heavy atom. The summed E-state index contributed by atoms with van der Waals surface area (Å²) in [4.78, 5) is 15.0. The predicted molar refractivity (Wildman–Crippen MR) is 254 cm³/mol. The van der Waals surface area contributed by atoms with Crippen LogP contribution in [-0.2, 0) is 10.8 Å². The van der Waals surface area contributed by atoms with Crippen molar-refractivity contribution in [3.8, 4) is 67.5 Å². The first-order valence-corrected chi connectivity index (χ1v) is 21.4. The van der Waals surface area contributed by atoms with Crippen LogP contribution in [0, 0.1) is 0 Å². The number of benzene rings is 9. The van der Waals surface area contributed by atoms with Crippen molar-refractivity contribution in [3.63, 3.8) is 0 Å². The van der Waals surface area contributed by atoms with Gasteiger partial charge in [0, 0.05) is 22.1 Å². The van der Waals surface area contributed by atoms with Crippen molar-refractivity contribution >= 4 is 10.8 Å². The van der Waals surface area contributed by atoms with Gasteiger partial charge in [-0.2, -0.15) is 0 Å². The molecule has 0 aliphatic heterocycles. The summed E-state index contributed by atoms with van der Waals surface area (Å²) in [7, 11) is 0. The van der Waals surface area contributed by atoms with Gasteiger partial charge in [-0.05, 0) is 83.6 Å². The Balaban J connectivity index is 1.05. The molecular formula is C59H41N3. The van der Waals surface area contributed by atoms with Crippen LogP contribution < -0.4 is 0 Å². The molecule has 3 nitrogen and oxygen atoms in total. The van der Waals surface area contributed by atoms with Crippen LogP contribution in [0.25, 0.3) is 78.3 Å². The Kier molecular flexibility index (Phi) is 8.10. The number of aromatic nitrogens is 3. The molecular weight excluding hydrogens is 751 g/mol. The first-order chi connectivity index (χ1) is 30.5. The maximum Gasteiger partial charge on any atom is 0.164 e. The summed E-state index contributed by atoms with van der Waals surface area (Å²) in [6.07, 6.45) is 0. The lowest BCUT2D eigenvalue weighted by Crippen LogP contribution is -2.40. The molecule has 0 saturated carbocycles. The highest BCUT2D eigenvalue weighted by atomic mass is 15.0. The molecule has 0 bridgehead atoms. The molecule has 0 saturated heterocycles. The lowest BCUT2D eigenvalue weighted by atomic mass is 9.55. The molecule has 62 heavy (non-hydrogen) atoms. The fourth-order valence-electron chi connectivity index (χ4n) is 10.6. The highest BCUT2D eigenvalue weighted by Gasteiger charge is 2.53. The SMILES string of the molecule is CC1(C)c2ccccc2C2(c3ccccc3-c3ccc(-c4c(-c5ccc(-c6nc(-c7ccccc7)nc(-c7ccccc7)n6)cc5)ccc5ccccc45)cc32)c2ccccc21. The van der Waals surface area contributed by atoms with Crippen molar-refractivity contribution < 1.29 is 0 Å². The highest BCUT2D eigenvalue weighted by Crippen LogP contribution is 2.62. The lowest BCUT2D eigenvalue weighted by molar-refractivity contribution is 0.563. The van der Waals surface area contributed by atoms with Crippen molar-refractivity contribution in [1.29, 1.82) is 0 Å². The Labute approximate surface area is 362 Å². The second kappa shape index (κ2) is 13.9. The molecule has 9 aromatic carbocycles. The number of fused-ring (bicyclic) bond motifs is 10. The number of hydrogen-bond acceptors (Lipinski definition) is 3. The van der Waals surface area contributed by atoms with Gasteiger partial charge in [-0.25, -0.2) is 15.0 Å². The van der Waals surface area contributed by atoms with Crippen LogP contribution in [0.5, 0.6) is 0 Å². The quantitative estimate of drug-likeness (QED) is 0.174. The summed E-state index contributed by atoms with van der Waals surface area (Å²) < 4.78 is 0. The third kappa shape index (κ3) is 5.34. The maximum atomic E-state index is 5.02. The number of hydrogen-bond donors (Lipinski definition) is 0. The second-order valence-electron chi connectivity index (χ2n) is 17.1. The van der Waals surface area contributed by atoms with Gasteiger partial charge in [0.25, 0.3) is 0 Å². The predicted octanol–water partition coefficient (Wildman–Crippen LogP) is 14.4. The van der Waals surface area contributed by atoms with Gasteiger partial charge in [0.05, 0.1) is 5.41 Å². The maximum absolute atomic E-state index is 5.02. The van der Waals surface area contributed by atoms with Crippen LogP contribution in [0.2, 0.25) is 0 Å². The standard InChI is InChI=1S/C59H41N3/c1-58(2)49-25-13-15-27-51(49)59(52-28-16-14-26-50(52)58)48-24-12-11-23-46(48)47-36-34-43(37-53(47)59)54-44-22-10-9-17-38(44)33-35-45(54)39-29-31-42(32-30-39)57-61-55(40-18-5-3-6-19-40)60-56(62-57)41-20-7-4-8-21-41/h3-37H,1-2H3. The molecule has 0 N–H and O–H groups in total. The van der Waals surface area contributed by atoms with Crippen molar-refractivity contribution in [2.75, 3.05) is 0 Å². The molecule has 0 fully saturated rings. The molecule has 12 rings (SSSR count). The summed E-state index contributed by atoms with van der Waals surface area (Å²) in [5.74, 6) is 1.94. The zero-order valence-electron chi connectivity index (χ0n) is 34.5. The Morgan fingerprint density at radius 3 is 1.35 bits per heavy atom. The van der Waals surface area contributed by atoms with Crippen molar-refractivity contribution in [2.45, 2.75) is 24.7 Å². The van der Waals surface area contributed by atoms with Crippen LogP contribution in [-0.4, -0.2) is 15.0 Å². The zero-order chi connectivity index (χ0) is 41.4. The molecule has 2 aliphatic rings. The van der Waals surface area contributed by atoms with Crippen molar-refractivity contribution in [3.05, 3.63) is 246 Å². The molecule has 1 heterocycles. The first-order valence-electron chi connectivity index (χ1n) is 21.4. The van der Waals surface area contributed by atoms with Gasteiger partial charge < -0.3 is 0 Å². The van der Waals surface area contributed by atoms with Gasteiger partial charge in [0.15, 0.2) is 17.5 Å². The van der Waals surface area contributed by atoms with Crippen LogP contribution in [0.4, 0.5) is 0 Å². The molecule has 1 spiro atoms. The van der Waals surface area contributed by atoms with E-state index in [9.17, 15) is 0 Å². The van der Waals surface area contributed by atoms with Gasteiger partial charge in [0.1, 0.15) is 0 Å². The average molecular weight is 792 g/mol. The summed E-state index contributed by atoms with van der Waals surface area (Å²) in [6.45, 7) is 4.77. The van der Waals surface area contributed by atoms with E-state index in [-0.39, 0.29) is 5.41 Å². The molecule has 0 amide bonds. The van der Waals surface area contributed by atoms with Crippen LogP contribution in [0.15, 0.2) is 212 Å². The first kappa shape index (κ1) is 36.1. The van der Waals surface area contributed by atoms with E-state index in [1.807, 2.05) is 60.7 Å². The lowest BCUT2D eigenvalue weighted by Gasteiger charge is -2.46. The van der Waals surface area contributed by atoms with Gasteiger partial charge in [-0.15, -0.1) is 0 Å². The van der Waals surface area contributed by atoms with Gasteiger partial charge in [-0.1, -0.05) is 220 Å². The van der Waals surface area contributed by atoms with Gasteiger partial charge in [-0.3, -0.25) is 0 Å². The second-order valence-corrected chi connectivity index (χ2v) is 17.1. The number of nitrogens with zero attached hydrogens (tertiary/aromatic N) is 3. The topological polar surface area (TPSA) is 38.7 Å². The van der Waals surface area contributed by atoms with E-state index in [2.05, 4.69) is 166 Å². The average Bonchev–Trinajstić information content (AvgIpc) is 3.63. The van der Waals surface area contributed by atoms with Crippen LogP contribution in [0.1, 0.15) is 47.2 Å². The zero-order valence-corrected chi connectivity index (χ0v) is 34.5. The van der Waals surface area contributed by atoms with E-state index in [4.69, 9.17) is 15.0 Å². The molecule has 1 aromatic heterocycles. The molecule has 0 atom stereocenters. The molecule has 10 aromatic rings. The van der Waals surface area contributed by atoms with E-state index in [0.717, 1.165) is 22.3 Å².